The third kappa shape index (κ3) is 5.24. The maximum absolute atomic E-state index is 14.1. The van der Waals surface area contributed by atoms with E-state index in [1.807, 2.05) is 17.7 Å². The molecule has 1 fully saturated rings. The van der Waals surface area contributed by atoms with E-state index in [1.54, 1.807) is 25.5 Å². The van der Waals surface area contributed by atoms with Gasteiger partial charge in [0.25, 0.3) is 5.88 Å². The Morgan fingerprint density at radius 1 is 1.22 bits per heavy atom. The van der Waals surface area contributed by atoms with E-state index in [0.717, 1.165) is 66.4 Å². The van der Waals surface area contributed by atoms with Gasteiger partial charge in [-0.25, -0.2) is 14.6 Å². The number of nitrogens with zero attached hydrogens (tertiary/aromatic N) is 7. The van der Waals surface area contributed by atoms with Crippen LogP contribution in [-0.4, -0.2) is 64.0 Å². The minimum absolute atomic E-state index is 0.00225. The van der Waals surface area contributed by atoms with Gasteiger partial charge >= 0.3 is 0 Å². The second kappa shape index (κ2) is 10.5. The second-order valence-electron chi connectivity index (χ2n) is 9.02. The van der Waals surface area contributed by atoms with Crippen molar-refractivity contribution in [2.24, 2.45) is 0 Å². The lowest BCUT2D eigenvalue weighted by Gasteiger charge is -2.29. The van der Waals surface area contributed by atoms with E-state index in [9.17, 15) is 9.50 Å². The predicted octanol–water partition coefficient (Wildman–Crippen LogP) is 3.88. The van der Waals surface area contributed by atoms with Gasteiger partial charge < -0.3 is 20.3 Å². The molecule has 5 rings (SSSR count). The standard InChI is InChI=1S/C25H29FN8O3/c1-3-27-23-8-22-20(10-29-23)24(16-9-30-33(12-16)13-18(36)14-35)32-34(22)17-4-6-19(7-5-17)37-25-21(26)11-28-15(2)31-25/h8-13,17,19,35-36H,3-7,14H2,1-2H3,(H,27,29)/b18-13-/t17-,19+. The van der Waals surface area contributed by atoms with Gasteiger partial charge in [-0.1, -0.05) is 0 Å². The van der Waals surface area contributed by atoms with Crippen LogP contribution in [0, 0.1) is 12.7 Å². The third-order valence-electron chi connectivity index (χ3n) is 6.37. The first-order chi connectivity index (χ1) is 17.9. The number of nitrogens with one attached hydrogen (secondary N) is 1. The number of halogens is 1. The number of hydrogen-bond donors (Lipinski definition) is 3. The monoisotopic (exact) mass is 508 g/mol. The number of ether oxygens (including phenoxy) is 1. The average molecular weight is 509 g/mol. The number of fused-ring (bicyclic) bond motifs is 1. The molecule has 11 nitrogen and oxygen atoms in total. The Labute approximate surface area is 212 Å². The Morgan fingerprint density at radius 2 is 2.03 bits per heavy atom. The fourth-order valence-electron chi connectivity index (χ4n) is 4.61. The summed E-state index contributed by atoms with van der Waals surface area (Å²) < 4.78 is 23.4. The third-order valence-corrected chi connectivity index (χ3v) is 6.37. The summed E-state index contributed by atoms with van der Waals surface area (Å²) in [4.78, 5) is 12.5. The summed E-state index contributed by atoms with van der Waals surface area (Å²) in [5, 5.41) is 32.1. The SMILES string of the molecule is CCNc1cc2c(cn1)c(-c1cnn(/C=C(\O)CO)c1)nn2[C@H]1CC[C@@H](Oc2nc(C)ncc2F)CC1. The van der Waals surface area contributed by atoms with Gasteiger partial charge in [-0.05, 0) is 39.5 Å². The van der Waals surface area contributed by atoms with Crippen molar-refractivity contribution < 1.29 is 19.3 Å². The Hall–Kier alpha value is -4.06. The van der Waals surface area contributed by atoms with E-state index >= 15 is 0 Å². The molecular formula is C25H29FN8O3. The number of aryl methyl sites for hydroxylation is 1. The molecule has 4 aromatic rings. The van der Waals surface area contributed by atoms with Crippen LogP contribution >= 0.6 is 0 Å². The van der Waals surface area contributed by atoms with Crippen LogP contribution in [0.15, 0.2) is 36.6 Å². The zero-order chi connectivity index (χ0) is 25.9. The van der Waals surface area contributed by atoms with Crippen molar-refractivity contribution in [1.82, 2.24) is 34.5 Å². The number of anilines is 1. The van der Waals surface area contributed by atoms with Gasteiger partial charge in [0.1, 0.15) is 35.8 Å². The summed E-state index contributed by atoms with van der Waals surface area (Å²) in [6.07, 6.45) is 10.6. The zero-order valence-electron chi connectivity index (χ0n) is 20.7. The van der Waals surface area contributed by atoms with E-state index in [0.29, 0.717) is 5.82 Å². The van der Waals surface area contributed by atoms with Crippen LogP contribution in [0.25, 0.3) is 28.4 Å². The van der Waals surface area contributed by atoms with Gasteiger partial charge in [0, 0.05) is 36.0 Å². The lowest BCUT2D eigenvalue weighted by atomic mass is 9.93. The Kier molecular flexibility index (Phi) is 6.99. The molecule has 1 saturated carbocycles. The molecule has 4 aromatic heterocycles. The van der Waals surface area contributed by atoms with Gasteiger partial charge in [0.2, 0.25) is 5.82 Å². The van der Waals surface area contributed by atoms with E-state index in [4.69, 9.17) is 14.9 Å². The van der Waals surface area contributed by atoms with Crippen LogP contribution in [0.2, 0.25) is 0 Å². The van der Waals surface area contributed by atoms with Crippen molar-refractivity contribution in [2.45, 2.75) is 51.7 Å². The van der Waals surface area contributed by atoms with E-state index < -0.39 is 12.4 Å². The normalized spacial score (nSPS) is 18.3. The minimum atomic E-state index is -0.554. The van der Waals surface area contributed by atoms with Crippen LogP contribution in [0.3, 0.4) is 0 Å². The first-order valence-electron chi connectivity index (χ1n) is 12.3. The van der Waals surface area contributed by atoms with Crippen molar-refractivity contribution >= 4 is 22.9 Å². The van der Waals surface area contributed by atoms with Gasteiger partial charge in [0.15, 0.2) is 0 Å². The molecule has 12 heteroatoms. The fraction of sp³-hybridized carbons (Fsp3) is 0.400. The van der Waals surface area contributed by atoms with E-state index in [-0.39, 0.29) is 23.8 Å². The first-order valence-corrected chi connectivity index (χ1v) is 12.3. The molecule has 194 valence electrons. The Morgan fingerprint density at radius 3 is 2.78 bits per heavy atom. The topological polar surface area (TPSA) is 136 Å². The quantitative estimate of drug-likeness (QED) is 0.303. The predicted molar refractivity (Wildman–Crippen MR) is 136 cm³/mol. The summed E-state index contributed by atoms with van der Waals surface area (Å²) >= 11 is 0. The maximum atomic E-state index is 14.1. The van der Waals surface area contributed by atoms with Crippen molar-refractivity contribution in [3.05, 3.63) is 48.3 Å². The molecule has 1 aliphatic rings. The number of aromatic nitrogens is 7. The highest BCUT2D eigenvalue weighted by Crippen LogP contribution is 2.36. The highest BCUT2D eigenvalue weighted by atomic mass is 19.1. The zero-order valence-corrected chi connectivity index (χ0v) is 20.7. The number of pyridine rings is 1. The summed E-state index contributed by atoms with van der Waals surface area (Å²) in [6, 6.07) is 2.12. The van der Waals surface area contributed by atoms with Crippen LogP contribution in [-0.2, 0) is 0 Å². The highest BCUT2D eigenvalue weighted by Gasteiger charge is 2.28. The van der Waals surface area contributed by atoms with Gasteiger partial charge in [-0.3, -0.25) is 4.68 Å². The molecule has 0 spiro atoms. The van der Waals surface area contributed by atoms with Gasteiger partial charge in [0.05, 0.1) is 30.2 Å². The van der Waals surface area contributed by atoms with Crippen molar-refractivity contribution in [2.75, 3.05) is 18.5 Å². The lowest BCUT2D eigenvalue weighted by Crippen LogP contribution is -2.27. The van der Waals surface area contributed by atoms with Crippen LogP contribution < -0.4 is 10.1 Å². The van der Waals surface area contributed by atoms with Crippen LogP contribution in [0.4, 0.5) is 10.2 Å². The molecule has 0 amide bonds. The van der Waals surface area contributed by atoms with Gasteiger partial charge in [-0.2, -0.15) is 19.6 Å². The maximum Gasteiger partial charge on any atom is 0.254 e. The molecule has 3 N–H and O–H groups in total. The molecular weight excluding hydrogens is 479 g/mol. The molecule has 0 unspecified atom stereocenters. The van der Waals surface area contributed by atoms with Gasteiger partial charge in [-0.15, -0.1) is 0 Å². The highest BCUT2D eigenvalue weighted by molar-refractivity contribution is 5.93. The summed E-state index contributed by atoms with van der Waals surface area (Å²) in [7, 11) is 0. The lowest BCUT2D eigenvalue weighted by molar-refractivity contribution is 0.120. The molecule has 0 radical (unpaired) electrons. The Balaban J connectivity index is 1.42. The van der Waals surface area contributed by atoms with E-state index in [2.05, 4.69) is 25.4 Å². The smallest absolute Gasteiger partial charge is 0.254 e. The molecule has 4 heterocycles. The van der Waals surface area contributed by atoms with Crippen molar-refractivity contribution in [3.63, 3.8) is 0 Å². The van der Waals surface area contributed by atoms with Crippen LogP contribution in [0.1, 0.15) is 44.5 Å². The van der Waals surface area contributed by atoms with E-state index in [1.165, 1.54) is 10.9 Å². The van der Waals surface area contributed by atoms with Crippen molar-refractivity contribution in [3.8, 4) is 17.1 Å². The second-order valence-corrected chi connectivity index (χ2v) is 9.02. The summed E-state index contributed by atoms with van der Waals surface area (Å²) in [5.74, 6) is 0.485. The molecule has 0 bridgehead atoms. The number of hydrogen-bond acceptors (Lipinski definition) is 9. The minimum Gasteiger partial charge on any atom is -0.508 e. The molecule has 1 aliphatic carbocycles. The molecule has 0 atom stereocenters. The number of aliphatic hydroxyl groups excluding tert-OH is 2. The molecule has 37 heavy (non-hydrogen) atoms. The molecule has 0 saturated heterocycles. The number of rotatable bonds is 8. The first kappa shape index (κ1) is 24.6. The molecule has 0 aliphatic heterocycles. The Bertz CT molecular complexity index is 1420. The van der Waals surface area contributed by atoms with Crippen molar-refractivity contribution in [1.29, 1.82) is 0 Å². The van der Waals surface area contributed by atoms with Crippen LogP contribution in [0.5, 0.6) is 5.88 Å². The fourth-order valence-corrected chi connectivity index (χ4v) is 4.61. The largest absolute Gasteiger partial charge is 0.508 e. The summed E-state index contributed by atoms with van der Waals surface area (Å²) in [6.45, 7) is 3.99. The summed E-state index contributed by atoms with van der Waals surface area (Å²) in [5.41, 5.74) is 2.44. The average Bonchev–Trinajstić information content (AvgIpc) is 3.51. The number of aliphatic hydroxyl groups is 2. The molecule has 0 aromatic carbocycles.